The fraction of sp³-hybridized carbons (Fsp3) is 0.250. The fourth-order valence-electron chi connectivity index (χ4n) is 3.41. The van der Waals surface area contributed by atoms with Gasteiger partial charge in [-0.05, 0) is 55.9 Å². The van der Waals surface area contributed by atoms with E-state index in [0.717, 1.165) is 0 Å². The molecule has 3 aromatic rings. The number of aromatic amines is 1. The number of nitrogens with zero attached hydrogens (tertiary/aromatic N) is 1. The highest BCUT2D eigenvalue weighted by Gasteiger charge is 2.23. The minimum atomic E-state index is -0.702. The summed E-state index contributed by atoms with van der Waals surface area (Å²) in [5.41, 5.74) is 1.06. The third-order valence-corrected chi connectivity index (χ3v) is 5.55. The van der Waals surface area contributed by atoms with Crippen molar-refractivity contribution in [3.63, 3.8) is 0 Å². The molecule has 9 heteroatoms. The Labute approximate surface area is 201 Å². The highest BCUT2D eigenvalue weighted by Crippen LogP contribution is 2.26. The van der Waals surface area contributed by atoms with Gasteiger partial charge < -0.3 is 15.0 Å². The molecule has 0 aliphatic heterocycles. The Hall–Kier alpha value is -3.23. The summed E-state index contributed by atoms with van der Waals surface area (Å²) in [4.78, 5) is 41.1. The van der Waals surface area contributed by atoms with Gasteiger partial charge in [-0.2, -0.15) is 0 Å². The van der Waals surface area contributed by atoms with Crippen LogP contribution in [0.1, 0.15) is 42.2 Å². The number of amides is 1. The van der Waals surface area contributed by atoms with Crippen LogP contribution in [0.25, 0.3) is 10.9 Å². The number of allylic oxidation sites excluding steroid dienone is 1. The minimum Gasteiger partial charge on any atom is -0.463 e. The Morgan fingerprint density at radius 2 is 2.00 bits per heavy atom. The van der Waals surface area contributed by atoms with Crippen molar-refractivity contribution in [1.29, 1.82) is 0 Å². The van der Waals surface area contributed by atoms with Crippen molar-refractivity contribution in [1.82, 2.24) is 14.9 Å². The molecule has 0 saturated carbocycles. The lowest BCUT2D eigenvalue weighted by Gasteiger charge is -2.20. The SMILES string of the molecule is C=CCn1c(=S)[nH]c2cc(C(=O)NC(CC(=O)OC(C)C)c3ccccc3Cl)ccc2c1=O. The van der Waals surface area contributed by atoms with Crippen LogP contribution in [0.3, 0.4) is 0 Å². The molecule has 1 amide bonds. The highest BCUT2D eigenvalue weighted by molar-refractivity contribution is 7.71. The molecule has 0 radical (unpaired) electrons. The molecule has 3 rings (SSSR count). The number of halogens is 1. The molecular weight excluding hydrogens is 462 g/mol. The quantitative estimate of drug-likeness (QED) is 0.274. The van der Waals surface area contributed by atoms with Gasteiger partial charge in [0.15, 0.2) is 4.77 Å². The average Bonchev–Trinajstić information content (AvgIpc) is 2.75. The van der Waals surface area contributed by atoms with E-state index < -0.39 is 17.9 Å². The van der Waals surface area contributed by atoms with Gasteiger partial charge in [-0.15, -0.1) is 6.58 Å². The number of esters is 1. The number of nitrogens with one attached hydrogen (secondary N) is 2. The number of aromatic nitrogens is 2. The summed E-state index contributed by atoms with van der Waals surface area (Å²) in [6.07, 6.45) is 1.21. The zero-order chi connectivity index (χ0) is 24.1. The smallest absolute Gasteiger partial charge is 0.308 e. The number of carbonyl (C=O) groups excluding carboxylic acids is 2. The van der Waals surface area contributed by atoms with Gasteiger partial charge in [0, 0.05) is 17.1 Å². The van der Waals surface area contributed by atoms with Crippen LogP contribution in [-0.2, 0) is 16.1 Å². The molecule has 0 saturated heterocycles. The molecule has 1 aromatic heterocycles. The van der Waals surface area contributed by atoms with Gasteiger partial charge in [0.05, 0.1) is 29.5 Å². The molecule has 33 heavy (non-hydrogen) atoms. The summed E-state index contributed by atoms with van der Waals surface area (Å²) >= 11 is 11.6. The molecule has 0 aliphatic carbocycles. The zero-order valence-electron chi connectivity index (χ0n) is 18.3. The van der Waals surface area contributed by atoms with Gasteiger partial charge in [0.25, 0.3) is 11.5 Å². The van der Waals surface area contributed by atoms with Crippen molar-refractivity contribution in [3.8, 4) is 0 Å². The van der Waals surface area contributed by atoms with Crippen LogP contribution in [0.2, 0.25) is 5.02 Å². The van der Waals surface area contributed by atoms with Crippen LogP contribution in [0.15, 0.2) is 59.9 Å². The van der Waals surface area contributed by atoms with Crippen LogP contribution in [0, 0.1) is 4.77 Å². The van der Waals surface area contributed by atoms with Crippen LogP contribution >= 0.6 is 23.8 Å². The summed E-state index contributed by atoms with van der Waals surface area (Å²) < 4.78 is 6.87. The summed E-state index contributed by atoms with van der Waals surface area (Å²) in [5, 5.41) is 3.67. The van der Waals surface area contributed by atoms with Crippen LogP contribution in [0.4, 0.5) is 0 Å². The molecule has 2 N–H and O–H groups in total. The van der Waals surface area contributed by atoms with E-state index in [2.05, 4.69) is 16.9 Å². The number of ether oxygens (including phenoxy) is 1. The Kier molecular flexibility index (Phi) is 7.84. The van der Waals surface area contributed by atoms with Crippen LogP contribution < -0.4 is 10.9 Å². The number of benzene rings is 2. The molecule has 7 nitrogen and oxygen atoms in total. The first-order chi connectivity index (χ1) is 15.7. The normalized spacial score (nSPS) is 11.9. The van der Waals surface area contributed by atoms with Gasteiger partial charge in [0.2, 0.25) is 0 Å². The number of H-pyrrole nitrogens is 1. The van der Waals surface area contributed by atoms with Crippen LogP contribution in [-0.4, -0.2) is 27.5 Å². The van der Waals surface area contributed by atoms with Crippen molar-refractivity contribution in [2.75, 3.05) is 0 Å². The summed E-state index contributed by atoms with van der Waals surface area (Å²) in [5.74, 6) is -0.894. The summed E-state index contributed by atoms with van der Waals surface area (Å²) in [6.45, 7) is 7.42. The molecule has 172 valence electrons. The lowest BCUT2D eigenvalue weighted by Crippen LogP contribution is -2.31. The molecule has 0 bridgehead atoms. The summed E-state index contributed by atoms with van der Waals surface area (Å²) in [6, 6.07) is 10.9. The second-order valence-corrected chi connectivity index (χ2v) is 8.48. The minimum absolute atomic E-state index is 0.0874. The second-order valence-electron chi connectivity index (χ2n) is 7.69. The third kappa shape index (κ3) is 5.77. The van der Waals surface area contributed by atoms with Gasteiger partial charge in [0.1, 0.15) is 0 Å². The summed E-state index contributed by atoms with van der Waals surface area (Å²) in [7, 11) is 0. The largest absolute Gasteiger partial charge is 0.463 e. The first-order valence-corrected chi connectivity index (χ1v) is 11.1. The van der Waals surface area contributed by atoms with Crippen molar-refractivity contribution in [2.45, 2.75) is 39.0 Å². The third-order valence-electron chi connectivity index (χ3n) is 4.88. The Morgan fingerprint density at radius 3 is 2.67 bits per heavy atom. The maximum atomic E-state index is 13.1. The first kappa shape index (κ1) is 24.4. The van der Waals surface area contributed by atoms with E-state index in [-0.39, 0.29) is 29.4 Å². The maximum Gasteiger partial charge on any atom is 0.308 e. The maximum absolute atomic E-state index is 13.1. The van der Waals surface area contributed by atoms with E-state index in [0.29, 0.717) is 27.1 Å². The van der Waals surface area contributed by atoms with Crippen molar-refractivity contribution in [2.24, 2.45) is 0 Å². The van der Waals surface area contributed by atoms with Crippen molar-refractivity contribution >= 4 is 46.6 Å². The Bertz CT molecular complexity index is 1330. The van der Waals surface area contributed by atoms with E-state index in [9.17, 15) is 14.4 Å². The molecule has 0 spiro atoms. The monoisotopic (exact) mass is 485 g/mol. The molecular formula is C24H24ClN3O4S. The Balaban J connectivity index is 1.94. The van der Waals surface area contributed by atoms with E-state index in [1.54, 1.807) is 62.4 Å². The molecule has 0 fully saturated rings. The van der Waals surface area contributed by atoms with E-state index in [1.165, 1.54) is 4.57 Å². The fourth-order valence-corrected chi connectivity index (χ4v) is 3.94. The average molecular weight is 486 g/mol. The zero-order valence-corrected chi connectivity index (χ0v) is 19.8. The van der Waals surface area contributed by atoms with E-state index in [1.807, 2.05) is 0 Å². The van der Waals surface area contributed by atoms with E-state index in [4.69, 9.17) is 28.6 Å². The number of fused-ring (bicyclic) bond motifs is 1. The molecule has 1 unspecified atom stereocenters. The molecule has 2 aromatic carbocycles. The van der Waals surface area contributed by atoms with Gasteiger partial charge in [-0.1, -0.05) is 35.9 Å². The highest BCUT2D eigenvalue weighted by atomic mass is 35.5. The topological polar surface area (TPSA) is 93.2 Å². The van der Waals surface area contributed by atoms with Crippen molar-refractivity contribution in [3.05, 3.63) is 86.4 Å². The number of carbonyl (C=O) groups is 2. The predicted octanol–water partition coefficient (Wildman–Crippen LogP) is 4.71. The lowest BCUT2D eigenvalue weighted by atomic mass is 10.0. The van der Waals surface area contributed by atoms with Crippen LogP contribution in [0.5, 0.6) is 0 Å². The predicted molar refractivity (Wildman–Crippen MR) is 131 cm³/mol. The van der Waals surface area contributed by atoms with Gasteiger partial charge in [-0.3, -0.25) is 19.0 Å². The van der Waals surface area contributed by atoms with E-state index >= 15 is 0 Å². The van der Waals surface area contributed by atoms with Gasteiger partial charge >= 0.3 is 5.97 Å². The number of hydrogen-bond acceptors (Lipinski definition) is 5. The number of rotatable bonds is 8. The second kappa shape index (κ2) is 10.6. The number of hydrogen-bond donors (Lipinski definition) is 2. The molecule has 1 atom stereocenters. The first-order valence-electron chi connectivity index (χ1n) is 10.3. The molecule has 1 heterocycles. The Morgan fingerprint density at radius 1 is 1.27 bits per heavy atom. The molecule has 0 aliphatic rings. The standard InChI is InChI=1S/C24H24ClN3O4S/c1-4-11-28-23(31)17-10-9-15(12-19(17)27-24(28)33)22(30)26-20(13-21(29)32-14(2)3)16-7-5-6-8-18(16)25/h4-10,12,14,20H,1,11,13H2,2-3H3,(H,26,30)(H,27,33). The lowest BCUT2D eigenvalue weighted by molar-refractivity contribution is -0.147. The van der Waals surface area contributed by atoms with Gasteiger partial charge in [-0.25, -0.2) is 0 Å². The van der Waals surface area contributed by atoms with Crippen molar-refractivity contribution < 1.29 is 14.3 Å².